The molecule has 0 aliphatic heterocycles. The molecule has 0 saturated carbocycles. The molecule has 3 N–H and O–H groups in total. The number of nitrogens with two attached hydrogens (primary N) is 1. The predicted octanol–water partition coefficient (Wildman–Crippen LogP) is 4.60. The first kappa shape index (κ1) is 18.2. The van der Waals surface area contributed by atoms with Crippen LogP contribution in [-0.2, 0) is 0 Å². The number of hydrogen-bond donors (Lipinski definition) is 2. The predicted molar refractivity (Wildman–Crippen MR) is 109 cm³/mol. The topological polar surface area (TPSA) is 89.3 Å². The molecule has 0 spiro atoms. The molecule has 138 valence electrons. The molecule has 0 saturated heterocycles. The van der Waals surface area contributed by atoms with E-state index in [9.17, 15) is 14.4 Å². The molecule has 0 unspecified atom stereocenters. The number of carbonyl (C=O) groups is 3. The van der Waals surface area contributed by atoms with E-state index in [0.29, 0.717) is 10.6 Å². The summed E-state index contributed by atoms with van der Waals surface area (Å²) in [6.07, 6.45) is 0. The Kier molecular flexibility index (Phi) is 4.41. The van der Waals surface area contributed by atoms with Crippen molar-refractivity contribution in [3.63, 3.8) is 0 Å². The van der Waals surface area contributed by atoms with Gasteiger partial charge in [0.2, 0.25) is 0 Å². The third-order valence-corrected chi connectivity index (χ3v) is 5.07. The molecule has 0 bridgehead atoms. The summed E-state index contributed by atoms with van der Waals surface area (Å²) in [5.41, 5.74) is 6.95. The number of nitrogens with one attached hydrogen (secondary N) is 1. The van der Waals surface area contributed by atoms with Crippen molar-refractivity contribution < 1.29 is 14.4 Å². The van der Waals surface area contributed by atoms with E-state index in [-0.39, 0.29) is 38.7 Å². The van der Waals surface area contributed by atoms with Crippen LogP contribution in [0.1, 0.15) is 42.2 Å². The average Bonchev–Trinajstić information content (AvgIpc) is 2.68. The average molecular weight is 411 g/mol. The number of amides is 1. The molecule has 0 fully saturated rings. The van der Waals surface area contributed by atoms with Crippen LogP contribution in [-0.4, -0.2) is 17.5 Å². The van der Waals surface area contributed by atoms with E-state index in [0.717, 1.165) is 0 Å². The van der Waals surface area contributed by atoms with Crippen LogP contribution >= 0.6 is 23.2 Å². The van der Waals surface area contributed by atoms with E-state index < -0.39 is 17.5 Å². The molecule has 0 radical (unpaired) electrons. The highest BCUT2D eigenvalue weighted by atomic mass is 35.5. The van der Waals surface area contributed by atoms with Crippen LogP contribution in [0.15, 0.2) is 54.6 Å². The Labute approximate surface area is 170 Å². The van der Waals surface area contributed by atoms with E-state index in [4.69, 9.17) is 28.9 Å². The first-order chi connectivity index (χ1) is 13.4. The van der Waals surface area contributed by atoms with Crippen LogP contribution in [0.5, 0.6) is 0 Å². The van der Waals surface area contributed by atoms with E-state index >= 15 is 0 Å². The van der Waals surface area contributed by atoms with Crippen molar-refractivity contribution in [3.8, 4) is 0 Å². The van der Waals surface area contributed by atoms with Crippen LogP contribution < -0.4 is 11.1 Å². The first-order valence-electron chi connectivity index (χ1n) is 8.26. The van der Waals surface area contributed by atoms with Gasteiger partial charge in [-0.25, -0.2) is 0 Å². The zero-order valence-corrected chi connectivity index (χ0v) is 15.8. The fraction of sp³-hybridized carbons (Fsp3) is 0. The van der Waals surface area contributed by atoms with Crippen LogP contribution in [0, 0.1) is 0 Å². The monoisotopic (exact) mass is 410 g/mol. The van der Waals surface area contributed by atoms with Crippen LogP contribution in [0.25, 0.3) is 0 Å². The number of halogens is 2. The molecular formula is C21H12Cl2N2O3. The molecule has 1 aliphatic rings. The maximum Gasteiger partial charge on any atom is 0.255 e. The Hall–Kier alpha value is -3.15. The van der Waals surface area contributed by atoms with Crippen molar-refractivity contribution in [1.29, 1.82) is 0 Å². The summed E-state index contributed by atoms with van der Waals surface area (Å²) in [5, 5.41) is 3.12. The van der Waals surface area contributed by atoms with Gasteiger partial charge in [0.15, 0.2) is 11.6 Å². The molecule has 3 aromatic carbocycles. The molecule has 0 aromatic heterocycles. The lowest BCUT2D eigenvalue weighted by Crippen LogP contribution is -2.25. The quantitative estimate of drug-likeness (QED) is 0.472. The van der Waals surface area contributed by atoms with Gasteiger partial charge in [-0.05, 0) is 24.3 Å². The second kappa shape index (κ2) is 6.78. The number of carbonyl (C=O) groups excluding carboxylic acids is 3. The van der Waals surface area contributed by atoms with Crippen LogP contribution in [0.4, 0.5) is 11.4 Å². The number of ketones is 2. The van der Waals surface area contributed by atoms with Gasteiger partial charge in [-0.3, -0.25) is 14.4 Å². The third kappa shape index (κ3) is 2.85. The SMILES string of the molecule is Nc1c(Cl)cc(NC(=O)c2cccc(Cl)c2)c2c1C(=O)c1ccccc1C2=O. The van der Waals surface area contributed by atoms with Crippen molar-refractivity contribution in [2.75, 3.05) is 11.1 Å². The van der Waals surface area contributed by atoms with Crippen molar-refractivity contribution in [2.45, 2.75) is 0 Å². The first-order valence-corrected chi connectivity index (χ1v) is 9.01. The summed E-state index contributed by atoms with van der Waals surface area (Å²) in [4.78, 5) is 38.7. The highest BCUT2D eigenvalue weighted by Crippen LogP contribution is 2.39. The van der Waals surface area contributed by atoms with Crippen molar-refractivity contribution >= 4 is 52.1 Å². The minimum atomic E-state index is -0.496. The molecule has 0 atom stereocenters. The van der Waals surface area contributed by atoms with Gasteiger partial charge < -0.3 is 11.1 Å². The number of anilines is 2. The van der Waals surface area contributed by atoms with E-state index in [1.54, 1.807) is 42.5 Å². The largest absolute Gasteiger partial charge is 0.397 e. The van der Waals surface area contributed by atoms with Crippen LogP contribution in [0.2, 0.25) is 10.0 Å². The van der Waals surface area contributed by atoms with E-state index in [2.05, 4.69) is 5.32 Å². The minimum absolute atomic E-state index is 0.00223. The third-order valence-electron chi connectivity index (χ3n) is 4.52. The zero-order valence-electron chi connectivity index (χ0n) is 14.3. The zero-order chi connectivity index (χ0) is 20.0. The maximum atomic E-state index is 13.1. The summed E-state index contributed by atoms with van der Waals surface area (Å²) >= 11 is 12.1. The molecule has 4 rings (SSSR count). The lowest BCUT2D eigenvalue weighted by molar-refractivity contribution is 0.0979. The fourth-order valence-electron chi connectivity index (χ4n) is 3.21. The lowest BCUT2D eigenvalue weighted by Gasteiger charge is -2.22. The Morgan fingerprint density at radius 1 is 0.857 bits per heavy atom. The molecular weight excluding hydrogens is 399 g/mol. The van der Waals surface area contributed by atoms with E-state index in [1.807, 2.05) is 0 Å². The normalized spacial score (nSPS) is 12.4. The molecule has 1 aliphatic carbocycles. The summed E-state index contributed by atoms with van der Waals surface area (Å²) in [5.74, 6) is -1.32. The molecule has 0 heterocycles. The number of rotatable bonds is 2. The van der Waals surface area contributed by atoms with Gasteiger partial charge in [0.1, 0.15) is 0 Å². The van der Waals surface area contributed by atoms with Gasteiger partial charge in [0.05, 0.1) is 27.5 Å². The van der Waals surface area contributed by atoms with Gasteiger partial charge in [0, 0.05) is 21.7 Å². The Bertz CT molecular complexity index is 1190. The summed E-state index contributed by atoms with van der Waals surface area (Å²) in [6.45, 7) is 0. The summed E-state index contributed by atoms with van der Waals surface area (Å²) < 4.78 is 0. The number of benzene rings is 3. The fourth-order valence-corrected chi connectivity index (χ4v) is 3.60. The summed E-state index contributed by atoms with van der Waals surface area (Å²) in [7, 11) is 0. The Morgan fingerprint density at radius 3 is 2.14 bits per heavy atom. The molecule has 7 heteroatoms. The van der Waals surface area contributed by atoms with Crippen molar-refractivity contribution in [1.82, 2.24) is 0 Å². The standard InChI is InChI=1S/C21H12Cl2N2O3/c22-11-5-3-4-10(8-11)21(28)25-15-9-14(23)18(24)17-16(15)19(26)12-6-1-2-7-13(12)20(17)27/h1-9H,24H2,(H,25,28). The smallest absolute Gasteiger partial charge is 0.255 e. The number of nitrogen functional groups attached to an aromatic ring is 1. The Morgan fingerprint density at radius 2 is 1.50 bits per heavy atom. The molecule has 3 aromatic rings. The van der Waals surface area contributed by atoms with Gasteiger partial charge >= 0.3 is 0 Å². The highest BCUT2D eigenvalue weighted by molar-refractivity contribution is 6.38. The summed E-state index contributed by atoms with van der Waals surface area (Å²) in [6, 6.07) is 14.2. The van der Waals surface area contributed by atoms with Gasteiger partial charge in [-0.2, -0.15) is 0 Å². The molecule has 5 nitrogen and oxygen atoms in total. The van der Waals surface area contributed by atoms with Crippen molar-refractivity contribution in [2.24, 2.45) is 0 Å². The number of hydrogen-bond acceptors (Lipinski definition) is 4. The maximum absolute atomic E-state index is 13.1. The number of fused-ring (bicyclic) bond motifs is 2. The van der Waals surface area contributed by atoms with Crippen LogP contribution in [0.3, 0.4) is 0 Å². The highest BCUT2D eigenvalue weighted by Gasteiger charge is 2.34. The van der Waals surface area contributed by atoms with E-state index in [1.165, 1.54) is 12.1 Å². The Balaban J connectivity index is 1.87. The second-order valence-corrected chi connectivity index (χ2v) is 7.08. The minimum Gasteiger partial charge on any atom is -0.397 e. The van der Waals surface area contributed by atoms with Gasteiger partial charge in [0.25, 0.3) is 5.91 Å². The van der Waals surface area contributed by atoms with Gasteiger partial charge in [-0.1, -0.05) is 53.5 Å². The lowest BCUT2D eigenvalue weighted by atomic mass is 9.82. The van der Waals surface area contributed by atoms with Gasteiger partial charge in [-0.15, -0.1) is 0 Å². The molecule has 1 amide bonds. The second-order valence-electron chi connectivity index (χ2n) is 6.24. The molecule has 28 heavy (non-hydrogen) atoms. The van der Waals surface area contributed by atoms with Crippen molar-refractivity contribution in [3.05, 3.63) is 92.5 Å².